The van der Waals surface area contributed by atoms with Gasteiger partial charge in [-0.25, -0.2) is 0 Å². The highest BCUT2D eigenvalue weighted by atomic mass is 79.9. The minimum Gasteiger partial charge on any atom is -0.507 e. The fraction of sp³-hybridized carbons (Fsp3) is 0.517. The predicted octanol–water partition coefficient (Wildman–Crippen LogP) is 9.29. The number of phenols is 1. The van der Waals surface area contributed by atoms with E-state index >= 15 is 0 Å². The lowest BCUT2D eigenvalue weighted by Gasteiger charge is -2.06. The fourth-order valence-electron chi connectivity index (χ4n) is 3.84. The lowest BCUT2D eigenvalue weighted by Crippen LogP contribution is -2.07. The van der Waals surface area contributed by atoms with Crippen molar-refractivity contribution >= 4 is 33.8 Å². The number of esters is 1. The number of aliphatic imine (C=N–C) groups is 1. The quantitative estimate of drug-likeness (QED) is 0.0960. The standard InChI is InChI=1S/C29H40BrNO3/c1-2-3-4-5-6-7-8-9-10-11-12-13-14-15-29(33)34-27-21-16-24(28(32)22-27)23-31-26-19-17-25(30)18-20-26/h16-23,32H,2-15H2,1H3. The summed E-state index contributed by atoms with van der Waals surface area (Å²) in [6, 6.07) is 12.4. The molecule has 34 heavy (non-hydrogen) atoms. The van der Waals surface area contributed by atoms with E-state index in [1.165, 1.54) is 76.7 Å². The molecule has 186 valence electrons. The second-order valence-corrected chi connectivity index (χ2v) is 9.84. The van der Waals surface area contributed by atoms with E-state index < -0.39 is 0 Å². The number of rotatable bonds is 17. The van der Waals surface area contributed by atoms with Crippen molar-refractivity contribution in [2.75, 3.05) is 0 Å². The van der Waals surface area contributed by atoms with Crippen LogP contribution in [0.2, 0.25) is 0 Å². The van der Waals surface area contributed by atoms with Crippen LogP contribution in [-0.2, 0) is 4.79 Å². The van der Waals surface area contributed by atoms with Gasteiger partial charge in [0.15, 0.2) is 0 Å². The highest BCUT2D eigenvalue weighted by molar-refractivity contribution is 9.10. The second-order valence-electron chi connectivity index (χ2n) is 8.92. The summed E-state index contributed by atoms with van der Waals surface area (Å²) in [4.78, 5) is 16.5. The molecule has 0 aromatic heterocycles. The normalized spacial score (nSPS) is 11.2. The van der Waals surface area contributed by atoms with Crippen LogP contribution in [-0.4, -0.2) is 17.3 Å². The van der Waals surface area contributed by atoms with Crippen LogP contribution in [0.5, 0.6) is 11.5 Å². The number of nitrogens with zero attached hydrogens (tertiary/aromatic N) is 1. The summed E-state index contributed by atoms with van der Waals surface area (Å²) >= 11 is 3.39. The first-order valence-corrected chi connectivity index (χ1v) is 13.7. The van der Waals surface area contributed by atoms with E-state index in [-0.39, 0.29) is 11.7 Å². The third kappa shape index (κ3) is 12.4. The molecular formula is C29H40BrNO3. The van der Waals surface area contributed by atoms with Crippen molar-refractivity contribution in [3.05, 3.63) is 52.5 Å². The number of ether oxygens (including phenoxy) is 1. The van der Waals surface area contributed by atoms with Crippen molar-refractivity contribution in [1.82, 2.24) is 0 Å². The van der Waals surface area contributed by atoms with E-state index in [2.05, 4.69) is 27.8 Å². The molecule has 1 N–H and O–H groups in total. The summed E-state index contributed by atoms with van der Waals surface area (Å²) in [7, 11) is 0. The Kier molecular flexibility index (Phi) is 14.3. The molecule has 0 heterocycles. The molecule has 0 aliphatic carbocycles. The number of aromatic hydroxyl groups is 1. The Morgan fingerprint density at radius 2 is 1.41 bits per heavy atom. The van der Waals surface area contributed by atoms with Gasteiger partial charge in [-0.05, 0) is 42.8 Å². The third-order valence-electron chi connectivity index (χ3n) is 5.90. The SMILES string of the molecule is CCCCCCCCCCCCCCCC(=O)Oc1ccc(C=Nc2ccc(Br)cc2)c(O)c1. The average molecular weight is 531 g/mol. The van der Waals surface area contributed by atoms with Crippen molar-refractivity contribution in [2.45, 2.75) is 96.8 Å². The summed E-state index contributed by atoms with van der Waals surface area (Å²) in [5.74, 6) is 0.142. The minimum absolute atomic E-state index is 0.0344. The molecule has 0 saturated carbocycles. The molecule has 0 unspecified atom stereocenters. The van der Waals surface area contributed by atoms with Crippen molar-refractivity contribution in [3.8, 4) is 11.5 Å². The molecule has 0 bridgehead atoms. The van der Waals surface area contributed by atoms with Gasteiger partial charge in [-0.3, -0.25) is 9.79 Å². The number of carbonyl (C=O) groups is 1. The number of phenolic OH excluding ortho intramolecular Hbond substituents is 1. The molecule has 0 fully saturated rings. The zero-order valence-electron chi connectivity index (χ0n) is 20.6. The van der Waals surface area contributed by atoms with Crippen molar-refractivity contribution < 1.29 is 14.6 Å². The topological polar surface area (TPSA) is 58.9 Å². The number of carbonyl (C=O) groups excluding carboxylic acids is 1. The van der Waals surface area contributed by atoms with E-state index in [1.54, 1.807) is 18.3 Å². The van der Waals surface area contributed by atoms with Crippen LogP contribution in [0, 0.1) is 0 Å². The zero-order chi connectivity index (χ0) is 24.4. The van der Waals surface area contributed by atoms with Gasteiger partial charge in [-0.2, -0.15) is 0 Å². The maximum absolute atomic E-state index is 12.1. The summed E-state index contributed by atoms with van der Waals surface area (Å²) < 4.78 is 6.37. The smallest absolute Gasteiger partial charge is 0.311 e. The molecular weight excluding hydrogens is 490 g/mol. The number of unbranched alkanes of at least 4 members (excludes halogenated alkanes) is 12. The van der Waals surface area contributed by atoms with Crippen LogP contribution in [0.3, 0.4) is 0 Å². The Bertz CT molecular complexity index is 864. The molecule has 0 aliphatic rings. The van der Waals surface area contributed by atoms with Gasteiger partial charge >= 0.3 is 5.97 Å². The van der Waals surface area contributed by atoms with Crippen LogP contribution in [0.4, 0.5) is 5.69 Å². The highest BCUT2D eigenvalue weighted by Crippen LogP contribution is 2.24. The Balaban J connectivity index is 1.55. The summed E-state index contributed by atoms with van der Waals surface area (Å²) in [5, 5.41) is 10.2. The zero-order valence-corrected chi connectivity index (χ0v) is 22.2. The molecule has 4 nitrogen and oxygen atoms in total. The van der Waals surface area contributed by atoms with Gasteiger partial charge in [-0.15, -0.1) is 0 Å². The molecule has 2 aromatic carbocycles. The first kappa shape index (κ1) is 28.1. The van der Waals surface area contributed by atoms with Gasteiger partial charge in [0.2, 0.25) is 0 Å². The minimum atomic E-state index is -0.251. The van der Waals surface area contributed by atoms with Gasteiger partial charge in [0.25, 0.3) is 0 Å². The van der Waals surface area contributed by atoms with E-state index in [9.17, 15) is 9.90 Å². The Labute approximate surface area is 214 Å². The van der Waals surface area contributed by atoms with Gasteiger partial charge < -0.3 is 9.84 Å². The van der Waals surface area contributed by atoms with Gasteiger partial charge in [0.1, 0.15) is 11.5 Å². The fourth-order valence-corrected chi connectivity index (χ4v) is 4.10. The van der Waals surface area contributed by atoms with Gasteiger partial charge in [-0.1, -0.05) is 99.9 Å². The maximum Gasteiger partial charge on any atom is 0.311 e. The van der Waals surface area contributed by atoms with Crippen molar-refractivity contribution in [2.24, 2.45) is 4.99 Å². The molecule has 0 radical (unpaired) electrons. The Hall–Kier alpha value is -2.14. The molecule has 5 heteroatoms. The maximum atomic E-state index is 12.1. The first-order valence-electron chi connectivity index (χ1n) is 12.9. The number of hydrogen-bond donors (Lipinski definition) is 1. The average Bonchev–Trinajstić information content (AvgIpc) is 2.82. The lowest BCUT2D eigenvalue weighted by atomic mass is 10.0. The van der Waals surface area contributed by atoms with Crippen LogP contribution < -0.4 is 4.74 Å². The van der Waals surface area contributed by atoms with Crippen LogP contribution in [0.25, 0.3) is 0 Å². The number of hydrogen-bond acceptors (Lipinski definition) is 4. The largest absolute Gasteiger partial charge is 0.507 e. The third-order valence-corrected chi connectivity index (χ3v) is 6.43. The summed E-state index contributed by atoms with van der Waals surface area (Å²) in [5.41, 5.74) is 1.36. The summed E-state index contributed by atoms with van der Waals surface area (Å²) in [6.45, 7) is 2.26. The monoisotopic (exact) mass is 529 g/mol. The lowest BCUT2D eigenvalue weighted by molar-refractivity contribution is -0.134. The molecule has 0 atom stereocenters. The van der Waals surface area contributed by atoms with E-state index in [4.69, 9.17) is 4.74 Å². The first-order chi connectivity index (χ1) is 16.6. The second kappa shape index (κ2) is 17.3. The van der Waals surface area contributed by atoms with E-state index in [1.807, 2.05) is 24.3 Å². The van der Waals surface area contributed by atoms with Crippen molar-refractivity contribution in [1.29, 1.82) is 0 Å². The van der Waals surface area contributed by atoms with Crippen LogP contribution in [0.1, 0.15) is 102 Å². The van der Waals surface area contributed by atoms with Gasteiger partial charge in [0.05, 0.1) is 5.69 Å². The van der Waals surface area contributed by atoms with Crippen LogP contribution in [0.15, 0.2) is 51.9 Å². The summed E-state index contributed by atoms with van der Waals surface area (Å²) in [6.07, 6.45) is 18.6. The Morgan fingerprint density at radius 1 is 0.853 bits per heavy atom. The van der Waals surface area contributed by atoms with Crippen molar-refractivity contribution in [3.63, 3.8) is 0 Å². The molecule has 0 amide bonds. The number of benzene rings is 2. The van der Waals surface area contributed by atoms with E-state index in [0.717, 1.165) is 23.0 Å². The molecule has 0 saturated heterocycles. The Morgan fingerprint density at radius 3 is 1.97 bits per heavy atom. The van der Waals surface area contributed by atoms with Gasteiger partial charge in [0, 0.05) is 28.7 Å². The molecule has 0 spiro atoms. The molecule has 2 aromatic rings. The molecule has 2 rings (SSSR count). The molecule has 0 aliphatic heterocycles. The number of halogens is 1. The van der Waals surface area contributed by atoms with Crippen LogP contribution >= 0.6 is 15.9 Å². The van der Waals surface area contributed by atoms with E-state index in [0.29, 0.717) is 17.7 Å². The highest BCUT2D eigenvalue weighted by Gasteiger charge is 2.07. The predicted molar refractivity (Wildman–Crippen MR) is 145 cm³/mol.